The first kappa shape index (κ1) is 19.5. The molecular formula is C14H17F3O5S. The molecule has 0 amide bonds. The number of halogens is 3. The predicted octanol–water partition coefficient (Wildman–Crippen LogP) is 3.02. The van der Waals surface area contributed by atoms with Crippen LogP contribution in [0.5, 0.6) is 5.75 Å². The van der Waals surface area contributed by atoms with Crippen molar-refractivity contribution in [1.29, 1.82) is 0 Å². The summed E-state index contributed by atoms with van der Waals surface area (Å²) in [5.74, 6) is 0.680. The third-order valence-electron chi connectivity index (χ3n) is 2.81. The lowest BCUT2D eigenvalue weighted by Crippen LogP contribution is -2.27. The molecule has 130 valence electrons. The van der Waals surface area contributed by atoms with Crippen LogP contribution in [0.1, 0.15) is 12.0 Å². The highest BCUT2D eigenvalue weighted by atomic mass is 32.2. The van der Waals surface area contributed by atoms with Crippen molar-refractivity contribution in [3.8, 4) is 5.75 Å². The van der Waals surface area contributed by atoms with Gasteiger partial charge >= 0.3 is 15.6 Å². The lowest BCUT2D eigenvalue weighted by Gasteiger charge is -2.15. The topological polar surface area (TPSA) is 61.8 Å². The van der Waals surface area contributed by atoms with Crippen LogP contribution in [0.2, 0.25) is 0 Å². The van der Waals surface area contributed by atoms with Crippen molar-refractivity contribution in [3.05, 3.63) is 42.5 Å². The molecule has 0 fully saturated rings. The van der Waals surface area contributed by atoms with Gasteiger partial charge in [0.25, 0.3) is 0 Å². The zero-order chi connectivity index (χ0) is 17.5. The van der Waals surface area contributed by atoms with Crippen LogP contribution in [0.15, 0.2) is 36.9 Å². The molecule has 1 aromatic carbocycles. The van der Waals surface area contributed by atoms with Crippen molar-refractivity contribution in [2.45, 2.75) is 24.6 Å². The van der Waals surface area contributed by atoms with Gasteiger partial charge in [-0.1, -0.05) is 18.2 Å². The van der Waals surface area contributed by atoms with E-state index in [4.69, 9.17) is 9.47 Å². The second-order valence-corrected chi connectivity index (χ2v) is 6.05. The lowest BCUT2D eigenvalue weighted by atomic mass is 10.2. The molecule has 0 bridgehead atoms. The van der Waals surface area contributed by atoms with Gasteiger partial charge < -0.3 is 9.47 Å². The van der Waals surface area contributed by atoms with Crippen molar-refractivity contribution in [2.24, 2.45) is 0 Å². The SMILES string of the molecule is C=C[C@H](CCOS(=O)(=O)C(F)(F)F)OCc1ccc(OC)cc1. The van der Waals surface area contributed by atoms with Crippen LogP contribution in [-0.4, -0.2) is 33.7 Å². The van der Waals surface area contributed by atoms with E-state index in [9.17, 15) is 21.6 Å². The van der Waals surface area contributed by atoms with E-state index in [2.05, 4.69) is 10.8 Å². The Bertz CT molecular complexity index is 596. The molecule has 0 aliphatic rings. The number of methoxy groups -OCH3 is 1. The van der Waals surface area contributed by atoms with Crippen molar-refractivity contribution in [2.75, 3.05) is 13.7 Å². The highest BCUT2D eigenvalue weighted by Gasteiger charge is 2.47. The van der Waals surface area contributed by atoms with Gasteiger partial charge in [-0.3, -0.25) is 4.18 Å². The van der Waals surface area contributed by atoms with Crippen LogP contribution in [0.3, 0.4) is 0 Å². The molecular weight excluding hydrogens is 337 g/mol. The van der Waals surface area contributed by atoms with Crippen molar-refractivity contribution in [1.82, 2.24) is 0 Å². The van der Waals surface area contributed by atoms with Gasteiger partial charge in [-0.15, -0.1) is 6.58 Å². The minimum Gasteiger partial charge on any atom is -0.497 e. The second-order valence-electron chi connectivity index (χ2n) is 4.44. The molecule has 0 aliphatic heterocycles. The van der Waals surface area contributed by atoms with Gasteiger partial charge in [0.1, 0.15) is 5.75 Å². The first-order valence-corrected chi connectivity index (χ1v) is 7.93. The van der Waals surface area contributed by atoms with Crippen LogP contribution in [-0.2, 0) is 25.6 Å². The van der Waals surface area contributed by atoms with Gasteiger partial charge in [-0.2, -0.15) is 21.6 Å². The van der Waals surface area contributed by atoms with Gasteiger partial charge in [0.05, 0.1) is 26.4 Å². The van der Waals surface area contributed by atoms with Crippen molar-refractivity contribution < 1.29 is 35.2 Å². The summed E-state index contributed by atoms with van der Waals surface area (Å²) in [6.45, 7) is 3.03. The Morgan fingerprint density at radius 1 is 1.26 bits per heavy atom. The molecule has 23 heavy (non-hydrogen) atoms. The average Bonchev–Trinajstić information content (AvgIpc) is 2.50. The summed E-state index contributed by atoms with van der Waals surface area (Å²) in [4.78, 5) is 0. The Kier molecular flexibility index (Phi) is 7.04. The van der Waals surface area contributed by atoms with E-state index < -0.39 is 28.3 Å². The molecule has 5 nitrogen and oxygen atoms in total. The van der Waals surface area contributed by atoms with E-state index in [1.165, 1.54) is 13.2 Å². The summed E-state index contributed by atoms with van der Waals surface area (Å²) < 4.78 is 72.1. The molecule has 0 unspecified atom stereocenters. The Labute approximate surface area is 132 Å². The number of hydrogen-bond donors (Lipinski definition) is 0. The van der Waals surface area contributed by atoms with E-state index in [1.54, 1.807) is 24.3 Å². The molecule has 1 aromatic rings. The first-order valence-electron chi connectivity index (χ1n) is 6.52. The van der Waals surface area contributed by atoms with Crippen LogP contribution in [0.25, 0.3) is 0 Å². The first-order chi connectivity index (χ1) is 10.7. The van der Waals surface area contributed by atoms with Gasteiger partial charge in [0.2, 0.25) is 0 Å². The summed E-state index contributed by atoms with van der Waals surface area (Å²) in [5, 5.41) is 0. The third-order valence-corrected chi connectivity index (χ3v) is 3.85. The molecule has 0 aliphatic carbocycles. The molecule has 0 saturated heterocycles. The molecule has 0 radical (unpaired) electrons. The fraction of sp³-hybridized carbons (Fsp3) is 0.429. The second kappa shape index (κ2) is 8.32. The highest BCUT2D eigenvalue weighted by Crippen LogP contribution is 2.24. The third kappa shape index (κ3) is 6.20. The highest BCUT2D eigenvalue weighted by molar-refractivity contribution is 7.87. The summed E-state index contributed by atoms with van der Waals surface area (Å²) in [5.41, 5.74) is -4.61. The molecule has 1 atom stereocenters. The Morgan fingerprint density at radius 2 is 1.87 bits per heavy atom. The maximum absolute atomic E-state index is 12.1. The number of alkyl halides is 3. The Balaban J connectivity index is 2.44. The van der Waals surface area contributed by atoms with Gasteiger partial charge in [-0.05, 0) is 17.7 Å². The maximum atomic E-state index is 12.1. The lowest BCUT2D eigenvalue weighted by molar-refractivity contribution is -0.0550. The maximum Gasteiger partial charge on any atom is 0.523 e. The van der Waals surface area contributed by atoms with E-state index in [1.807, 2.05) is 0 Å². The Hall–Kier alpha value is -1.58. The summed E-state index contributed by atoms with van der Waals surface area (Å²) >= 11 is 0. The van der Waals surface area contributed by atoms with Crippen LogP contribution in [0, 0.1) is 0 Å². The molecule has 0 spiro atoms. The van der Waals surface area contributed by atoms with Crippen molar-refractivity contribution in [3.63, 3.8) is 0 Å². The molecule has 0 heterocycles. The molecule has 1 rings (SSSR count). The molecule has 0 aromatic heterocycles. The van der Waals surface area contributed by atoms with E-state index in [-0.39, 0.29) is 13.0 Å². The number of rotatable bonds is 9. The zero-order valence-electron chi connectivity index (χ0n) is 12.4. The molecule has 0 N–H and O–H groups in total. The normalized spacial score (nSPS) is 13.6. The summed E-state index contributed by atoms with van der Waals surface area (Å²) in [6, 6.07) is 7.01. The van der Waals surface area contributed by atoms with E-state index in [0.717, 1.165) is 5.56 Å². The van der Waals surface area contributed by atoms with Crippen LogP contribution >= 0.6 is 0 Å². The van der Waals surface area contributed by atoms with E-state index in [0.29, 0.717) is 5.75 Å². The smallest absolute Gasteiger partial charge is 0.497 e. The van der Waals surface area contributed by atoms with E-state index >= 15 is 0 Å². The summed E-state index contributed by atoms with van der Waals surface area (Å²) in [7, 11) is -4.04. The fourth-order valence-electron chi connectivity index (χ4n) is 1.54. The molecule has 9 heteroatoms. The minimum atomic E-state index is -5.58. The number of ether oxygens (including phenoxy) is 2. The average molecular weight is 354 g/mol. The van der Waals surface area contributed by atoms with Gasteiger partial charge in [-0.25, -0.2) is 0 Å². The minimum absolute atomic E-state index is 0.0744. The summed E-state index contributed by atoms with van der Waals surface area (Å²) in [6.07, 6.45) is 0.655. The Morgan fingerprint density at radius 3 is 2.35 bits per heavy atom. The standard InChI is InChI=1S/C14H17F3O5S/c1-3-12(8-9-22-23(18,19)14(15,16)17)21-10-11-4-6-13(20-2)7-5-11/h3-7,12H,1,8-10H2,2H3/t12-/m1/s1. The van der Waals surface area contributed by atoms with Crippen LogP contribution < -0.4 is 4.74 Å². The van der Waals surface area contributed by atoms with Gasteiger partial charge in [0, 0.05) is 6.42 Å². The quantitative estimate of drug-likeness (QED) is 0.388. The number of benzene rings is 1. The largest absolute Gasteiger partial charge is 0.523 e. The van der Waals surface area contributed by atoms with Crippen LogP contribution in [0.4, 0.5) is 13.2 Å². The number of hydrogen-bond acceptors (Lipinski definition) is 5. The molecule has 0 saturated carbocycles. The van der Waals surface area contributed by atoms with Crippen molar-refractivity contribution >= 4 is 10.1 Å². The fourth-order valence-corrected chi connectivity index (χ4v) is 1.98. The van der Waals surface area contributed by atoms with Gasteiger partial charge in [0.15, 0.2) is 0 Å². The zero-order valence-corrected chi connectivity index (χ0v) is 13.2. The monoisotopic (exact) mass is 354 g/mol. The predicted molar refractivity (Wildman–Crippen MR) is 77.3 cm³/mol.